The number of hydrogen-bond acceptors (Lipinski definition) is 3. The average molecular weight is 213 g/mol. The molecular weight excluding hydrogens is 205 g/mol. The van der Waals surface area contributed by atoms with Gasteiger partial charge >= 0.3 is 24.8 Å². The number of carboxylic acids is 1. The van der Waals surface area contributed by atoms with Crippen LogP contribution in [0.3, 0.4) is 0 Å². The van der Waals surface area contributed by atoms with Crippen molar-refractivity contribution in [3.63, 3.8) is 0 Å². The van der Waals surface area contributed by atoms with Crippen molar-refractivity contribution < 1.29 is 30.2 Å². The standard InChI is InChI=1S/C10H7NO2S.Li.H/c12-10(13)9-11-6-8(14-9)7-4-2-1-3-5-7;;/h1-6H,(H,12,13);;/q;+1;-1. The van der Waals surface area contributed by atoms with Crippen molar-refractivity contribution in [1.82, 2.24) is 4.98 Å². The van der Waals surface area contributed by atoms with Crippen LogP contribution in [-0.4, -0.2) is 16.1 Å². The molecule has 1 N–H and O–H groups in total. The zero-order valence-corrected chi connectivity index (χ0v) is 8.99. The molecule has 0 unspecified atom stereocenters. The van der Waals surface area contributed by atoms with E-state index in [9.17, 15) is 4.79 Å². The number of benzene rings is 1. The van der Waals surface area contributed by atoms with Crippen molar-refractivity contribution in [2.45, 2.75) is 0 Å². The summed E-state index contributed by atoms with van der Waals surface area (Å²) in [5.74, 6) is -0.975. The van der Waals surface area contributed by atoms with Crippen LogP contribution in [0.4, 0.5) is 0 Å². The van der Waals surface area contributed by atoms with Gasteiger partial charge in [-0.3, -0.25) is 0 Å². The Hall–Kier alpha value is -1.08. The second-order valence-corrected chi connectivity index (χ2v) is 3.73. The van der Waals surface area contributed by atoms with Crippen LogP contribution < -0.4 is 18.9 Å². The summed E-state index contributed by atoms with van der Waals surface area (Å²) in [6, 6.07) is 9.60. The van der Waals surface area contributed by atoms with E-state index in [2.05, 4.69) is 4.98 Å². The molecule has 0 aliphatic carbocycles. The first-order valence-electron chi connectivity index (χ1n) is 4.02. The fraction of sp³-hybridized carbons (Fsp3) is 0. The fourth-order valence-corrected chi connectivity index (χ4v) is 1.87. The van der Waals surface area contributed by atoms with Gasteiger partial charge in [0, 0.05) is 6.20 Å². The number of rotatable bonds is 2. The number of carbonyl (C=O) groups is 1. The Balaban J connectivity index is 0.00000112. The fourth-order valence-electron chi connectivity index (χ4n) is 1.11. The molecule has 3 nitrogen and oxygen atoms in total. The molecule has 1 aromatic carbocycles. The Bertz CT molecular complexity index is 461. The van der Waals surface area contributed by atoms with Gasteiger partial charge in [-0.25, -0.2) is 9.78 Å². The topological polar surface area (TPSA) is 50.2 Å². The van der Waals surface area contributed by atoms with Crippen LogP contribution in [0.5, 0.6) is 0 Å². The molecule has 0 amide bonds. The SMILES string of the molecule is O=C(O)c1ncc(-c2ccccc2)s1.[H-].[Li+]. The molecule has 0 radical (unpaired) electrons. The third kappa shape index (κ3) is 2.69. The predicted octanol–water partition coefficient (Wildman–Crippen LogP) is -0.375. The number of carboxylic acid groups (broad SMARTS) is 1. The van der Waals surface area contributed by atoms with Crippen LogP contribution in [0.2, 0.25) is 0 Å². The molecule has 1 heterocycles. The Labute approximate surface area is 104 Å². The third-order valence-electron chi connectivity index (χ3n) is 1.75. The quantitative estimate of drug-likeness (QED) is 0.692. The molecule has 0 saturated carbocycles. The van der Waals surface area contributed by atoms with Crippen LogP contribution in [0.25, 0.3) is 10.4 Å². The van der Waals surface area contributed by atoms with Crippen molar-refractivity contribution in [2.75, 3.05) is 0 Å². The molecule has 1 aromatic heterocycles. The maximum absolute atomic E-state index is 10.6. The van der Waals surface area contributed by atoms with Crippen molar-refractivity contribution in [3.05, 3.63) is 41.5 Å². The van der Waals surface area contributed by atoms with E-state index in [1.165, 1.54) is 11.3 Å². The van der Waals surface area contributed by atoms with Crippen molar-refractivity contribution in [2.24, 2.45) is 0 Å². The van der Waals surface area contributed by atoms with Gasteiger partial charge in [0.25, 0.3) is 0 Å². The molecule has 15 heavy (non-hydrogen) atoms. The van der Waals surface area contributed by atoms with Gasteiger partial charge in [-0.1, -0.05) is 30.3 Å². The Kier molecular flexibility index (Phi) is 4.10. The minimum atomic E-state index is -0.975. The first kappa shape index (κ1) is 12.0. The first-order chi connectivity index (χ1) is 6.77. The van der Waals surface area contributed by atoms with Gasteiger partial charge < -0.3 is 6.53 Å². The monoisotopic (exact) mass is 213 g/mol. The van der Waals surface area contributed by atoms with E-state index in [0.717, 1.165) is 10.4 Å². The van der Waals surface area contributed by atoms with E-state index in [-0.39, 0.29) is 25.3 Å². The molecule has 0 aliphatic rings. The second kappa shape index (κ2) is 5.13. The van der Waals surface area contributed by atoms with E-state index < -0.39 is 5.97 Å². The average Bonchev–Trinajstić information content (AvgIpc) is 2.68. The van der Waals surface area contributed by atoms with E-state index >= 15 is 0 Å². The first-order valence-corrected chi connectivity index (χ1v) is 4.83. The van der Waals surface area contributed by atoms with Crippen LogP contribution in [0.1, 0.15) is 11.2 Å². The summed E-state index contributed by atoms with van der Waals surface area (Å²) in [4.78, 5) is 15.3. The maximum Gasteiger partial charge on any atom is 1.00 e. The summed E-state index contributed by atoms with van der Waals surface area (Å²) in [7, 11) is 0. The van der Waals surface area contributed by atoms with Crippen molar-refractivity contribution >= 4 is 17.3 Å². The predicted molar refractivity (Wildman–Crippen MR) is 55.6 cm³/mol. The summed E-state index contributed by atoms with van der Waals surface area (Å²) < 4.78 is 0. The number of nitrogens with zero attached hydrogens (tertiary/aromatic N) is 1. The van der Waals surface area contributed by atoms with E-state index in [0.29, 0.717) is 0 Å². The maximum atomic E-state index is 10.6. The van der Waals surface area contributed by atoms with Crippen LogP contribution in [-0.2, 0) is 0 Å². The molecule has 0 spiro atoms. The molecule has 0 fully saturated rings. The van der Waals surface area contributed by atoms with Crippen LogP contribution >= 0.6 is 11.3 Å². The van der Waals surface area contributed by atoms with Crippen molar-refractivity contribution in [1.29, 1.82) is 0 Å². The van der Waals surface area contributed by atoms with Crippen molar-refractivity contribution in [3.8, 4) is 10.4 Å². The van der Waals surface area contributed by atoms with Gasteiger partial charge in [0.05, 0.1) is 4.88 Å². The third-order valence-corrected chi connectivity index (χ3v) is 2.78. The summed E-state index contributed by atoms with van der Waals surface area (Å²) in [5.41, 5.74) is 0.998. The van der Waals surface area contributed by atoms with Gasteiger partial charge in [0.15, 0.2) is 0 Å². The van der Waals surface area contributed by atoms with E-state index in [1.54, 1.807) is 6.20 Å². The Morgan fingerprint density at radius 1 is 1.33 bits per heavy atom. The second-order valence-electron chi connectivity index (χ2n) is 2.70. The number of aromatic nitrogens is 1. The minimum Gasteiger partial charge on any atom is -1.00 e. The largest absolute Gasteiger partial charge is 1.00 e. The summed E-state index contributed by atoms with van der Waals surface area (Å²) in [6.07, 6.45) is 1.59. The van der Waals surface area contributed by atoms with Gasteiger partial charge in [0.1, 0.15) is 0 Å². The Morgan fingerprint density at radius 2 is 2.00 bits per heavy atom. The minimum absolute atomic E-state index is 0. The number of hydrogen-bond donors (Lipinski definition) is 1. The van der Waals surface area contributed by atoms with E-state index in [4.69, 9.17) is 5.11 Å². The molecular formula is C10H8LiNO2S. The number of thiazole rings is 1. The van der Waals surface area contributed by atoms with E-state index in [1.807, 2.05) is 30.3 Å². The molecule has 0 saturated heterocycles. The molecule has 2 rings (SSSR count). The normalized spacial score (nSPS) is 9.33. The van der Waals surface area contributed by atoms with Gasteiger partial charge in [-0.15, -0.1) is 11.3 Å². The summed E-state index contributed by atoms with van der Waals surface area (Å²) in [6.45, 7) is 0. The summed E-state index contributed by atoms with van der Waals surface area (Å²) >= 11 is 1.18. The molecule has 72 valence electrons. The smallest absolute Gasteiger partial charge is 1.00 e. The molecule has 0 aliphatic heterocycles. The molecule has 5 heteroatoms. The summed E-state index contributed by atoms with van der Waals surface area (Å²) in [5, 5.41) is 8.82. The molecule has 0 bridgehead atoms. The Morgan fingerprint density at radius 3 is 2.53 bits per heavy atom. The molecule has 2 aromatic rings. The van der Waals surface area contributed by atoms with Gasteiger partial charge in [0.2, 0.25) is 5.01 Å². The van der Waals surface area contributed by atoms with Crippen LogP contribution in [0.15, 0.2) is 36.5 Å². The van der Waals surface area contributed by atoms with Crippen LogP contribution in [0, 0.1) is 0 Å². The molecule has 0 atom stereocenters. The zero-order chi connectivity index (χ0) is 9.97. The zero-order valence-electron chi connectivity index (χ0n) is 9.18. The van der Waals surface area contributed by atoms with Gasteiger partial charge in [-0.2, -0.15) is 0 Å². The van der Waals surface area contributed by atoms with Gasteiger partial charge in [-0.05, 0) is 5.56 Å². The number of aromatic carboxylic acids is 1.